The predicted molar refractivity (Wildman–Crippen MR) is 114 cm³/mol. The van der Waals surface area contributed by atoms with Crippen molar-refractivity contribution in [3.63, 3.8) is 0 Å². The molecule has 3 aromatic carbocycles. The van der Waals surface area contributed by atoms with E-state index >= 15 is 0 Å². The fraction of sp³-hybridized carbons (Fsp3) is 0.0952. The highest BCUT2D eigenvalue weighted by Crippen LogP contribution is 2.26. The van der Waals surface area contributed by atoms with Gasteiger partial charge in [0, 0.05) is 26.9 Å². The van der Waals surface area contributed by atoms with Gasteiger partial charge in [-0.3, -0.25) is 4.79 Å². The van der Waals surface area contributed by atoms with E-state index in [1.54, 1.807) is 54.6 Å². The van der Waals surface area contributed by atoms with Crippen molar-refractivity contribution in [1.29, 1.82) is 0 Å². The number of benzene rings is 3. The van der Waals surface area contributed by atoms with Crippen molar-refractivity contribution in [2.75, 3.05) is 5.32 Å². The van der Waals surface area contributed by atoms with E-state index in [1.165, 1.54) is 0 Å². The van der Waals surface area contributed by atoms with Gasteiger partial charge in [0.05, 0.1) is 6.61 Å². The highest BCUT2D eigenvalue weighted by molar-refractivity contribution is 6.61. The Labute approximate surface area is 178 Å². The van der Waals surface area contributed by atoms with E-state index < -0.39 is 7.12 Å². The van der Waals surface area contributed by atoms with Crippen LogP contribution >= 0.6 is 23.2 Å². The molecular formula is C21H16BCl2NO4. The molecule has 0 atom stereocenters. The molecule has 0 saturated carbocycles. The predicted octanol–water partition coefficient (Wildman–Crippen LogP) is 4.04. The van der Waals surface area contributed by atoms with Crippen molar-refractivity contribution in [3.8, 4) is 5.75 Å². The normalized spacial score (nSPS) is 12.6. The van der Waals surface area contributed by atoms with Gasteiger partial charge in [0.25, 0.3) is 5.91 Å². The molecule has 2 N–H and O–H groups in total. The number of hydrogen-bond acceptors (Lipinski definition) is 4. The number of rotatable bonds is 5. The summed E-state index contributed by atoms with van der Waals surface area (Å²) in [7, 11) is -0.963. The van der Waals surface area contributed by atoms with E-state index in [4.69, 9.17) is 32.6 Å². The zero-order chi connectivity index (χ0) is 20.4. The average Bonchev–Trinajstić information content (AvgIpc) is 3.08. The number of amides is 1. The Hall–Kier alpha value is -2.51. The molecule has 29 heavy (non-hydrogen) atoms. The molecule has 1 heterocycles. The molecule has 1 amide bonds. The van der Waals surface area contributed by atoms with E-state index in [0.717, 1.165) is 5.56 Å². The standard InChI is InChI=1S/C21H16BCl2NO4/c23-19-5-2-6-20(24)17(19)12-28-16-4-1-3-13(9-16)21(26)25-15-8-7-14-11-29-22(27)18(14)10-15/h1-10,27H,11-12H2,(H,25,26). The van der Waals surface area contributed by atoms with E-state index in [2.05, 4.69) is 5.32 Å². The van der Waals surface area contributed by atoms with E-state index in [9.17, 15) is 9.82 Å². The van der Waals surface area contributed by atoms with Crippen LogP contribution in [0, 0.1) is 0 Å². The Morgan fingerprint density at radius 2 is 1.86 bits per heavy atom. The first kappa shape index (κ1) is 19.8. The maximum absolute atomic E-state index is 12.6. The summed E-state index contributed by atoms with van der Waals surface area (Å²) in [5.74, 6) is 0.228. The molecule has 0 radical (unpaired) electrons. The Balaban J connectivity index is 1.46. The molecule has 0 saturated heterocycles. The van der Waals surface area contributed by atoms with Crippen LogP contribution in [-0.4, -0.2) is 18.0 Å². The summed E-state index contributed by atoms with van der Waals surface area (Å²) in [6, 6.07) is 17.4. The van der Waals surface area contributed by atoms with Crippen LogP contribution in [0.2, 0.25) is 10.0 Å². The van der Waals surface area contributed by atoms with Crippen molar-refractivity contribution >= 4 is 47.4 Å². The molecule has 8 heteroatoms. The minimum Gasteiger partial charge on any atom is -0.489 e. The SMILES string of the molecule is O=C(Nc1ccc2c(c1)B(O)OC2)c1cccc(OCc2c(Cl)cccc2Cl)c1. The third-order valence-electron chi connectivity index (χ3n) is 4.61. The lowest BCUT2D eigenvalue weighted by Gasteiger charge is -2.11. The summed E-state index contributed by atoms with van der Waals surface area (Å²) >= 11 is 12.3. The Morgan fingerprint density at radius 1 is 1.10 bits per heavy atom. The van der Waals surface area contributed by atoms with Crippen molar-refractivity contribution in [2.45, 2.75) is 13.2 Å². The van der Waals surface area contributed by atoms with Crippen LogP contribution in [0.3, 0.4) is 0 Å². The van der Waals surface area contributed by atoms with E-state index in [-0.39, 0.29) is 12.5 Å². The molecule has 0 aliphatic carbocycles. The van der Waals surface area contributed by atoms with Crippen molar-refractivity contribution in [1.82, 2.24) is 0 Å². The fourth-order valence-electron chi connectivity index (χ4n) is 3.05. The number of halogens is 2. The summed E-state index contributed by atoms with van der Waals surface area (Å²) in [4.78, 5) is 12.6. The van der Waals surface area contributed by atoms with Crippen LogP contribution in [0.15, 0.2) is 60.7 Å². The number of carbonyl (C=O) groups is 1. The second kappa shape index (κ2) is 8.47. The summed E-state index contributed by atoms with van der Waals surface area (Å²) in [5.41, 5.74) is 3.27. The molecule has 0 fully saturated rings. The van der Waals surface area contributed by atoms with Gasteiger partial charge in [-0.2, -0.15) is 0 Å². The molecule has 0 aromatic heterocycles. The third-order valence-corrected chi connectivity index (χ3v) is 5.32. The smallest absolute Gasteiger partial charge is 0.489 e. The molecule has 1 aliphatic rings. The van der Waals surface area contributed by atoms with Crippen LogP contribution in [0.5, 0.6) is 5.75 Å². The van der Waals surface area contributed by atoms with Crippen molar-refractivity contribution in [3.05, 3.63) is 87.4 Å². The number of carbonyl (C=O) groups excluding carboxylic acids is 1. The highest BCUT2D eigenvalue weighted by atomic mass is 35.5. The van der Waals surface area contributed by atoms with Gasteiger partial charge < -0.3 is 19.7 Å². The number of hydrogen-bond donors (Lipinski definition) is 2. The average molecular weight is 428 g/mol. The first-order chi connectivity index (χ1) is 14.0. The maximum Gasteiger partial charge on any atom is 0.491 e. The van der Waals surface area contributed by atoms with Gasteiger partial charge in [-0.1, -0.05) is 41.4 Å². The lowest BCUT2D eigenvalue weighted by Crippen LogP contribution is -2.28. The zero-order valence-corrected chi connectivity index (χ0v) is 16.7. The molecular weight excluding hydrogens is 412 g/mol. The van der Waals surface area contributed by atoms with Gasteiger partial charge in [-0.25, -0.2) is 0 Å². The minimum absolute atomic E-state index is 0.187. The molecule has 3 aromatic rings. The van der Waals surface area contributed by atoms with Gasteiger partial charge in [-0.05, 0) is 53.5 Å². The number of nitrogens with one attached hydrogen (secondary N) is 1. The number of anilines is 1. The molecule has 0 spiro atoms. The lowest BCUT2D eigenvalue weighted by molar-refractivity contribution is 0.102. The first-order valence-corrected chi connectivity index (χ1v) is 9.66. The second-order valence-electron chi connectivity index (χ2n) is 6.55. The van der Waals surface area contributed by atoms with Gasteiger partial charge in [0.15, 0.2) is 0 Å². The summed E-state index contributed by atoms with van der Waals surface area (Å²) in [6.07, 6.45) is 0. The zero-order valence-electron chi connectivity index (χ0n) is 15.2. The molecule has 5 nitrogen and oxygen atoms in total. The number of ether oxygens (including phenoxy) is 1. The Morgan fingerprint density at radius 3 is 2.66 bits per heavy atom. The summed E-state index contributed by atoms with van der Waals surface area (Å²) in [6.45, 7) is 0.547. The first-order valence-electron chi connectivity index (χ1n) is 8.91. The fourth-order valence-corrected chi connectivity index (χ4v) is 3.56. The van der Waals surface area contributed by atoms with Crippen LogP contribution in [0.1, 0.15) is 21.5 Å². The van der Waals surface area contributed by atoms with E-state index in [0.29, 0.717) is 44.7 Å². The molecule has 1 aliphatic heterocycles. The van der Waals surface area contributed by atoms with Crippen molar-refractivity contribution < 1.29 is 19.2 Å². The van der Waals surface area contributed by atoms with Crippen LogP contribution in [0.4, 0.5) is 5.69 Å². The molecule has 0 unspecified atom stereocenters. The van der Waals surface area contributed by atoms with Gasteiger partial charge >= 0.3 is 7.12 Å². The Kier molecular flexibility index (Phi) is 5.78. The largest absolute Gasteiger partial charge is 0.491 e. The third kappa shape index (κ3) is 4.41. The number of fused-ring (bicyclic) bond motifs is 1. The van der Waals surface area contributed by atoms with Crippen LogP contribution < -0.4 is 15.5 Å². The molecule has 0 bridgehead atoms. The molecule has 146 valence electrons. The maximum atomic E-state index is 12.6. The van der Waals surface area contributed by atoms with Crippen LogP contribution in [-0.2, 0) is 17.9 Å². The van der Waals surface area contributed by atoms with Crippen molar-refractivity contribution in [2.24, 2.45) is 0 Å². The quantitative estimate of drug-likeness (QED) is 0.603. The van der Waals surface area contributed by atoms with Gasteiger partial charge in [0.1, 0.15) is 12.4 Å². The highest BCUT2D eigenvalue weighted by Gasteiger charge is 2.27. The van der Waals surface area contributed by atoms with Gasteiger partial charge in [-0.15, -0.1) is 0 Å². The Bertz CT molecular complexity index is 1060. The second-order valence-corrected chi connectivity index (χ2v) is 7.36. The van der Waals surface area contributed by atoms with Gasteiger partial charge in [0.2, 0.25) is 0 Å². The monoisotopic (exact) mass is 427 g/mol. The minimum atomic E-state index is -0.963. The lowest BCUT2D eigenvalue weighted by atomic mass is 9.79. The topological polar surface area (TPSA) is 67.8 Å². The van der Waals surface area contributed by atoms with Crippen LogP contribution in [0.25, 0.3) is 0 Å². The molecule has 4 rings (SSSR count). The van der Waals surface area contributed by atoms with E-state index in [1.807, 2.05) is 6.07 Å². The summed E-state index contributed by atoms with van der Waals surface area (Å²) in [5, 5.41) is 13.7. The summed E-state index contributed by atoms with van der Waals surface area (Å²) < 4.78 is 10.9.